The Morgan fingerprint density at radius 3 is 1.91 bits per heavy atom. The van der Waals surface area contributed by atoms with E-state index in [0.717, 1.165) is 38.1 Å². The number of aromatic nitrogens is 2. The highest BCUT2D eigenvalue weighted by molar-refractivity contribution is 6.16. The number of pyridine rings is 1. The van der Waals surface area contributed by atoms with Crippen LogP contribution in [0.1, 0.15) is 101 Å². The van der Waals surface area contributed by atoms with Gasteiger partial charge in [0.2, 0.25) is 0 Å². The molecule has 0 N–H and O–H groups in total. The molecule has 5 aromatic carbocycles. The predicted octanol–water partition coefficient (Wildman–Crippen LogP) is 13.5. The van der Waals surface area contributed by atoms with Gasteiger partial charge in [-0.15, -0.1) is 0 Å². The highest BCUT2D eigenvalue weighted by Crippen LogP contribution is 2.46. The van der Waals surface area contributed by atoms with Crippen molar-refractivity contribution in [2.45, 2.75) is 85.4 Å². The third-order valence-electron chi connectivity index (χ3n) is 10.4. The molecule has 3 aromatic heterocycles. The maximum atomic E-state index is 10.8. The summed E-state index contributed by atoms with van der Waals surface area (Å²) in [7, 11) is 0. The van der Waals surface area contributed by atoms with E-state index >= 15 is 0 Å². The van der Waals surface area contributed by atoms with Crippen molar-refractivity contribution in [1.82, 2.24) is 9.55 Å². The normalized spacial score (nSPS) is 15.1. The molecule has 3 heterocycles. The Kier molecular flexibility index (Phi) is 5.89. The molecule has 0 aliphatic carbocycles. The first-order chi connectivity index (χ1) is 28.3. The van der Waals surface area contributed by atoms with Gasteiger partial charge in [0.25, 0.3) is 0 Å². The van der Waals surface area contributed by atoms with Crippen LogP contribution >= 0.6 is 0 Å². The Morgan fingerprint density at radius 1 is 0.698 bits per heavy atom. The summed E-state index contributed by atoms with van der Waals surface area (Å²) >= 11 is 0. The molecule has 8 aromatic rings. The van der Waals surface area contributed by atoms with E-state index < -0.39 is 37.1 Å². The second-order valence-electron chi connectivity index (χ2n) is 17.1. The molecule has 0 saturated carbocycles. The zero-order chi connectivity index (χ0) is 44.5. The predicted molar refractivity (Wildman–Crippen MR) is 222 cm³/mol. The first-order valence-corrected chi connectivity index (χ1v) is 17.9. The van der Waals surface area contributed by atoms with Crippen molar-refractivity contribution < 1.29 is 15.4 Å². The molecule has 4 nitrogen and oxygen atoms in total. The standard InChI is InChI=1S/C49H47N3O/c1-29-24-40(51-28-38(29)30-14-12-11-13-15-30)34-20-21-39(49(8,9)10)43-35-19-16-31(27-50)44(46(35)53-45(34)43)52-41-22-17-32(47(2,3)4)25-36(41)37-26-33(48(5,6)7)18-23-42(37)52/h11-26,28H,1-10H3/i1D3,11D,12D,13D,14D,15D. The average Bonchev–Trinajstić information content (AvgIpc) is 3.73. The van der Waals surface area contributed by atoms with Gasteiger partial charge in [-0.25, -0.2) is 0 Å². The van der Waals surface area contributed by atoms with E-state index in [9.17, 15) is 5.26 Å². The molecule has 264 valence electrons. The van der Waals surface area contributed by atoms with Crippen LogP contribution in [0.4, 0.5) is 0 Å². The topological polar surface area (TPSA) is 54.8 Å². The lowest BCUT2D eigenvalue weighted by Crippen LogP contribution is -2.11. The van der Waals surface area contributed by atoms with E-state index in [1.807, 2.05) is 24.3 Å². The molecule has 0 spiro atoms. The summed E-state index contributed by atoms with van der Waals surface area (Å²) in [5.41, 5.74) is 6.73. The smallest absolute Gasteiger partial charge is 0.160 e. The van der Waals surface area contributed by atoms with Crippen LogP contribution in [-0.4, -0.2) is 9.55 Å². The lowest BCUT2D eigenvalue weighted by molar-refractivity contribution is 0.590. The highest BCUT2D eigenvalue weighted by Gasteiger charge is 2.28. The van der Waals surface area contributed by atoms with Crippen molar-refractivity contribution in [3.8, 4) is 34.1 Å². The van der Waals surface area contributed by atoms with Gasteiger partial charge in [0.05, 0.1) is 29.1 Å². The Morgan fingerprint density at radius 2 is 1.34 bits per heavy atom. The zero-order valence-corrected chi connectivity index (χ0v) is 31.7. The summed E-state index contributed by atoms with van der Waals surface area (Å²) < 4.78 is 76.7. The van der Waals surface area contributed by atoms with Crippen molar-refractivity contribution in [3.63, 3.8) is 0 Å². The highest BCUT2D eigenvalue weighted by atomic mass is 16.3. The summed E-state index contributed by atoms with van der Waals surface area (Å²) in [4.78, 5) is 4.72. The maximum absolute atomic E-state index is 10.8. The van der Waals surface area contributed by atoms with E-state index in [2.05, 4.69) is 109 Å². The largest absolute Gasteiger partial charge is 0.453 e. The maximum Gasteiger partial charge on any atom is 0.160 e. The Balaban J connectivity index is 1.48. The molecular formula is C49H47N3O. The molecule has 8 rings (SSSR count). The van der Waals surface area contributed by atoms with E-state index in [0.29, 0.717) is 28.0 Å². The number of hydrogen-bond acceptors (Lipinski definition) is 3. The number of furan rings is 1. The number of nitrogens with zero attached hydrogens (tertiary/aromatic N) is 3. The van der Waals surface area contributed by atoms with Gasteiger partial charge in [-0.1, -0.05) is 111 Å². The monoisotopic (exact) mass is 701 g/mol. The van der Waals surface area contributed by atoms with Gasteiger partial charge in [-0.05, 0) is 99.4 Å². The summed E-state index contributed by atoms with van der Waals surface area (Å²) in [6.07, 6.45) is 1.27. The van der Waals surface area contributed by atoms with Gasteiger partial charge in [0.1, 0.15) is 17.3 Å². The van der Waals surface area contributed by atoms with Crippen molar-refractivity contribution in [3.05, 3.63) is 131 Å². The van der Waals surface area contributed by atoms with Crippen molar-refractivity contribution in [1.29, 1.82) is 5.26 Å². The molecule has 0 aliphatic rings. The molecule has 0 atom stereocenters. The van der Waals surface area contributed by atoms with Crippen LogP contribution in [0.2, 0.25) is 0 Å². The van der Waals surface area contributed by atoms with Crippen LogP contribution in [0, 0.1) is 18.2 Å². The molecular weight excluding hydrogens is 647 g/mol. The first kappa shape index (κ1) is 26.2. The first-order valence-electron chi connectivity index (χ1n) is 21.9. The van der Waals surface area contributed by atoms with E-state index in [4.69, 9.17) is 20.4 Å². The van der Waals surface area contributed by atoms with Crippen LogP contribution in [0.25, 0.3) is 71.8 Å². The van der Waals surface area contributed by atoms with Crippen molar-refractivity contribution >= 4 is 43.7 Å². The molecule has 0 amide bonds. The molecule has 0 fully saturated rings. The second kappa shape index (κ2) is 11.9. The van der Waals surface area contributed by atoms with Crippen LogP contribution < -0.4 is 0 Å². The zero-order valence-electron chi connectivity index (χ0n) is 39.7. The fourth-order valence-electron chi connectivity index (χ4n) is 7.45. The number of nitriles is 1. The Labute approximate surface area is 324 Å². The quantitative estimate of drug-likeness (QED) is 0.184. The van der Waals surface area contributed by atoms with Gasteiger partial charge >= 0.3 is 0 Å². The minimum atomic E-state index is -2.75. The molecule has 53 heavy (non-hydrogen) atoms. The number of benzene rings is 5. The third kappa shape index (κ3) is 5.62. The molecule has 0 radical (unpaired) electrons. The second-order valence-corrected chi connectivity index (χ2v) is 17.1. The van der Waals surface area contributed by atoms with E-state index in [1.165, 1.54) is 23.4 Å². The van der Waals surface area contributed by atoms with Crippen molar-refractivity contribution in [2.75, 3.05) is 0 Å². The van der Waals surface area contributed by atoms with Gasteiger partial charge in [-0.2, -0.15) is 5.26 Å². The molecule has 0 unspecified atom stereocenters. The van der Waals surface area contributed by atoms with Crippen LogP contribution in [0.15, 0.2) is 108 Å². The van der Waals surface area contributed by atoms with Gasteiger partial charge in [0.15, 0.2) is 5.58 Å². The van der Waals surface area contributed by atoms with Crippen LogP contribution in [-0.2, 0) is 16.2 Å². The molecule has 4 heteroatoms. The molecule has 0 aliphatic heterocycles. The SMILES string of the molecule is [2H]c1c([2H])c([2H])c(-c2cnc(-c3ccc(C(C)(C)C)c4c3oc3c(-n5c6ccc(C(C)(C)C)cc6c6cc(C(C)(C)C)ccc65)c(C#N)ccc34)cc2C([2H])([2H])[2H])c([2H])c1[2H]. The molecule has 0 bridgehead atoms. The third-order valence-corrected chi connectivity index (χ3v) is 10.4. The summed E-state index contributed by atoms with van der Waals surface area (Å²) in [6, 6.07) is 21.7. The number of rotatable bonds is 3. The fraction of sp³-hybridized carbons (Fsp3) is 0.265. The van der Waals surface area contributed by atoms with E-state index in [-0.39, 0.29) is 38.6 Å². The summed E-state index contributed by atoms with van der Waals surface area (Å²) in [5, 5.41) is 14.5. The van der Waals surface area contributed by atoms with Gasteiger partial charge < -0.3 is 8.98 Å². The Hall–Kier alpha value is -5.66. The lowest BCUT2D eigenvalue weighted by atomic mass is 9.83. The fourth-order valence-corrected chi connectivity index (χ4v) is 7.45. The Bertz CT molecular complexity index is 3100. The summed E-state index contributed by atoms with van der Waals surface area (Å²) in [5.74, 6) is 0. The lowest BCUT2D eigenvalue weighted by Gasteiger charge is -2.21. The van der Waals surface area contributed by atoms with Crippen molar-refractivity contribution in [2.24, 2.45) is 0 Å². The minimum absolute atomic E-state index is 0.0792. The number of hydrogen-bond donors (Lipinski definition) is 0. The average molecular weight is 702 g/mol. The molecule has 0 saturated heterocycles. The van der Waals surface area contributed by atoms with Gasteiger partial charge in [0, 0.05) is 43.0 Å². The van der Waals surface area contributed by atoms with Crippen LogP contribution in [0.5, 0.6) is 0 Å². The number of fused-ring (bicyclic) bond motifs is 6. The minimum Gasteiger partial charge on any atom is -0.453 e. The van der Waals surface area contributed by atoms with E-state index in [1.54, 1.807) is 0 Å². The van der Waals surface area contributed by atoms with Gasteiger partial charge in [-0.3, -0.25) is 4.98 Å². The van der Waals surface area contributed by atoms with Crippen LogP contribution in [0.3, 0.4) is 0 Å². The number of aryl methyl sites for hydroxylation is 1. The summed E-state index contributed by atoms with van der Waals surface area (Å²) in [6.45, 7) is 16.7.